The Bertz CT molecular complexity index is 783. The van der Waals surface area contributed by atoms with Gasteiger partial charge in [0, 0.05) is 12.2 Å². The van der Waals surface area contributed by atoms with Crippen molar-refractivity contribution in [3.8, 4) is 0 Å². The smallest absolute Gasteiger partial charge is 0.355 e. The monoisotopic (exact) mass is 393 g/mol. The van der Waals surface area contributed by atoms with E-state index in [4.69, 9.17) is 15.2 Å². The van der Waals surface area contributed by atoms with Gasteiger partial charge >= 0.3 is 11.9 Å². The van der Waals surface area contributed by atoms with Gasteiger partial charge in [0.1, 0.15) is 11.7 Å². The van der Waals surface area contributed by atoms with Crippen LogP contribution in [0.4, 0.5) is 0 Å². The summed E-state index contributed by atoms with van der Waals surface area (Å²) in [6, 6.07) is -0.674. The van der Waals surface area contributed by atoms with Crippen molar-refractivity contribution in [2.24, 2.45) is 5.73 Å². The number of hydrogen-bond donors (Lipinski definition) is 2. The van der Waals surface area contributed by atoms with Crippen molar-refractivity contribution in [1.29, 1.82) is 0 Å². The van der Waals surface area contributed by atoms with E-state index in [0.717, 1.165) is 12.8 Å². The first-order valence-corrected chi connectivity index (χ1v) is 9.29. The van der Waals surface area contributed by atoms with Gasteiger partial charge in [-0.25, -0.2) is 9.59 Å². The molecule has 0 bridgehead atoms. The molecule has 0 aliphatic carbocycles. The van der Waals surface area contributed by atoms with Crippen LogP contribution in [0.1, 0.15) is 65.2 Å². The molecule has 0 unspecified atom stereocenters. The molecule has 1 aromatic heterocycles. The van der Waals surface area contributed by atoms with Crippen LogP contribution in [0.25, 0.3) is 0 Å². The molecule has 9 heteroatoms. The number of piperidine rings is 1. The van der Waals surface area contributed by atoms with Gasteiger partial charge in [0.15, 0.2) is 6.61 Å². The number of carbonyl (C=O) groups is 4. The van der Waals surface area contributed by atoms with Crippen LogP contribution in [-0.4, -0.2) is 58.9 Å². The van der Waals surface area contributed by atoms with E-state index in [9.17, 15) is 19.2 Å². The van der Waals surface area contributed by atoms with Gasteiger partial charge in [0.25, 0.3) is 5.91 Å². The number of likely N-dealkylation sites (tertiary alicyclic amines) is 1. The Hall–Kier alpha value is -2.84. The third kappa shape index (κ3) is 4.71. The fourth-order valence-electron chi connectivity index (χ4n) is 3.34. The van der Waals surface area contributed by atoms with E-state index in [0.29, 0.717) is 24.2 Å². The minimum atomic E-state index is -0.759. The summed E-state index contributed by atoms with van der Waals surface area (Å²) in [4.78, 5) is 52.7. The average Bonchev–Trinajstić information content (AvgIpc) is 2.93. The van der Waals surface area contributed by atoms with Crippen molar-refractivity contribution in [2.45, 2.75) is 59.1 Å². The second kappa shape index (κ2) is 8.90. The normalized spacial score (nSPS) is 16.8. The van der Waals surface area contributed by atoms with Crippen LogP contribution in [-0.2, 0) is 19.1 Å². The number of nitrogens with zero attached hydrogens (tertiary/aromatic N) is 1. The fraction of sp³-hybridized carbons (Fsp3) is 0.579. The zero-order chi connectivity index (χ0) is 21.0. The average molecular weight is 393 g/mol. The van der Waals surface area contributed by atoms with Crippen molar-refractivity contribution in [1.82, 2.24) is 9.88 Å². The molecule has 0 spiro atoms. The lowest BCUT2D eigenvalue weighted by molar-refractivity contribution is -0.143. The number of nitrogens with one attached hydrogen (secondary N) is 1. The van der Waals surface area contributed by atoms with Crippen LogP contribution in [0.5, 0.6) is 0 Å². The molecule has 0 saturated carbocycles. The Kier molecular flexibility index (Phi) is 6.82. The van der Waals surface area contributed by atoms with Crippen LogP contribution < -0.4 is 5.73 Å². The maximum absolute atomic E-state index is 12.4. The second-order valence-corrected chi connectivity index (χ2v) is 7.16. The first kappa shape index (κ1) is 21.5. The minimum Gasteiger partial charge on any atom is -0.459 e. The highest BCUT2D eigenvalue weighted by Crippen LogP contribution is 2.21. The molecule has 1 fully saturated rings. The van der Waals surface area contributed by atoms with Crippen LogP contribution >= 0.6 is 0 Å². The molecule has 1 aromatic rings. The van der Waals surface area contributed by atoms with Gasteiger partial charge < -0.3 is 25.1 Å². The topological polar surface area (TPSA) is 132 Å². The summed E-state index contributed by atoms with van der Waals surface area (Å²) < 4.78 is 10.3. The van der Waals surface area contributed by atoms with Crippen LogP contribution in [0, 0.1) is 13.8 Å². The highest BCUT2D eigenvalue weighted by molar-refractivity contribution is 5.99. The quantitative estimate of drug-likeness (QED) is 0.699. The number of aromatic amines is 1. The molecule has 2 rings (SSSR count). The van der Waals surface area contributed by atoms with Crippen molar-refractivity contribution in [2.75, 3.05) is 13.2 Å². The highest BCUT2D eigenvalue weighted by atomic mass is 16.5. The zero-order valence-corrected chi connectivity index (χ0v) is 16.7. The molecule has 1 saturated heterocycles. The lowest BCUT2D eigenvalue weighted by atomic mass is 10.0. The molecule has 1 atom stereocenters. The van der Waals surface area contributed by atoms with Gasteiger partial charge in [-0.05, 0) is 52.5 Å². The van der Waals surface area contributed by atoms with E-state index in [1.165, 1.54) is 4.90 Å². The molecule has 0 aromatic carbocycles. The number of esters is 2. The largest absolute Gasteiger partial charge is 0.459 e. The molecule has 9 nitrogen and oxygen atoms in total. The molecule has 28 heavy (non-hydrogen) atoms. The van der Waals surface area contributed by atoms with E-state index < -0.39 is 36.4 Å². The van der Waals surface area contributed by atoms with Gasteiger partial charge in [-0.15, -0.1) is 0 Å². The van der Waals surface area contributed by atoms with Crippen LogP contribution in [0.3, 0.4) is 0 Å². The Balaban J connectivity index is 2.06. The SMILES string of the molecule is Cc1[nH]c(C(=O)OCC(=O)N2CCCC[C@@H]2C(N)=O)c(C)c1C(=O)OC(C)C. The predicted molar refractivity (Wildman–Crippen MR) is 99.6 cm³/mol. The van der Waals surface area contributed by atoms with Crippen LogP contribution in [0.2, 0.25) is 0 Å². The van der Waals surface area contributed by atoms with Gasteiger partial charge in [-0.2, -0.15) is 0 Å². The standard InChI is InChI=1S/C19H27N3O6/c1-10(2)28-18(25)15-11(3)16(21-12(15)4)19(26)27-9-14(23)22-8-6-5-7-13(22)17(20)24/h10,13,21H,5-9H2,1-4H3,(H2,20,24)/t13-/m1/s1. The maximum atomic E-state index is 12.4. The molecule has 154 valence electrons. The number of nitrogens with two attached hydrogens (primary N) is 1. The van der Waals surface area contributed by atoms with Gasteiger partial charge in [0.2, 0.25) is 5.91 Å². The third-order valence-electron chi connectivity index (χ3n) is 4.67. The first-order valence-electron chi connectivity index (χ1n) is 9.29. The van der Waals surface area contributed by atoms with Crippen molar-refractivity contribution >= 4 is 23.8 Å². The molecular weight excluding hydrogens is 366 g/mol. The van der Waals surface area contributed by atoms with E-state index in [-0.39, 0.29) is 17.4 Å². The number of H-pyrrole nitrogens is 1. The van der Waals surface area contributed by atoms with Gasteiger partial charge in [0.05, 0.1) is 11.7 Å². The minimum absolute atomic E-state index is 0.0890. The van der Waals surface area contributed by atoms with Crippen LogP contribution in [0.15, 0.2) is 0 Å². The molecule has 0 radical (unpaired) electrons. The third-order valence-corrected chi connectivity index (χ3v) is 4.67. The number of hydrogen-bond acceptors (Lipinski definition) is 6. The van der Waals surface area contributed by atoms with E-state index in [1.807, 2.05) is 0 Å². The summed E-state index contributed by atoms with van der Waals surface area (Å²) in [5, 5.41) is 0. The Morgan fingerprint density at radius 2 is 1.86 bits per heavy atom. The Morgan fingerprint density at radius 1 is 1.18 bits per heavy atom. The summed E-state index contributed by atoms with van der Waals surface area (Å²) in [5.41, 5.74) is 6.59. The van der Waals surface area contributed by atoms with Crippen molar-refractivity contribution in [3.63, 3.8) is 0 Å². The Labute approximate surface area is 163 Å². The summed E-state index contributed by atoms with van der Waals surface area (Å²) in [6.45, 7) is 6.61. The first-order chi connectivity index (χ1) is 13.1. The number of carbonyl (C=O) groups excluding carboxylic acids is 4. The number of primary amides is 1. The van der Waals surface area contributed by atoms with Crippen molar-refractivity contribution in [3.05, 3.63) is 22.5 Å². The van der Waals surface area contributed by atoms with E-state index in [2.05, 4.69) is 4.98 Å². The summed E-state index contributed by atoms with van der Waals surface area (Å²) in [6.07, 6.45) is 1.79. The second-order valence-electron chi connectivity index (χ2n) is 7.16. The van der Waals surface area contributed by atoms with Gasteiger partial charge in [-0.1, -0.05) is 0 Å². The summed E-state index contributed by atoms with van der Waals surface area (Å²) in [7, 11) is 0. The summed E-state index contributed by atoms with van der Waals surface area (Å²) >= 11 is 0. The molecule has 1 aliphatic heterocycles. The number of amides is 2. The molecular formula is C19H27N3O6. The van der Waals surface area contributed by atoms with E-state index in [1.54, 1.807) is 27.7 Å². The van der Waals surface area contributed by atoms with E-state index >= 15 is 0 Å². The van der Waals surface area contributed by atoms with Gasteiger partial charge in [-0.3, -0.25) is 9.59 Å². The molecule has 1 aliphatic rings. The molecule has 3 N–H and O–H groups in total. The fourth-order valence-corrected chi connectivity index (χ4v) is 3.34. The number of aryl methyl sites for hydroxylation is 1. The summed E-state index contributed by atoms with van der Waals surface area (Å²) in [5.74, 6) is -2.33. The Morgan fingerprint density at radius 3 is 2.46 bits per heavy atom. The molecule has 2 heterocycles. The zero-order valence-electron chi connectivity index (χ0n) is 16.7. The lowest BCUT2D eigenvalue weighted by Gasteiger charge is -2.33. The molecule has 2 amide bonds. The predicted octanol–water partition coefficient (Wildman–Crippen LogP) is 1.22. The highest BCUT2D eigenvalue weighted by Gasteiger charge is 2.31. The lowest BCUT2D eigenvalue weighted by Crippen LogP contribution is -2.51. The number of aromatic nitrogens is 1. The number of ether oxygens (including phenoxy) is 2. The number of rotatable bonds is 6. The maximum Gasteiger partial charge on any atom is 0.355 e. The van der Waals surface area contributed by atoms with Crippen molar-refractivity contribution < 1.29 is 28.7 Å².